The molecule has 18 heteroatoms. The third kappa shape index (κ3) is 6.77. The van der Waals surface area contributed by atoms with Gasteiger partial charge in [-0.15, -0.1) is 0 Å². The second-order valence-corrected chi connectivity index (χ2v) is 11.4. The largest absolute Gasteiger partial charge is 0.507 e. The molecular weight excluding hydrogens is 660 g/mol. The Morgan fingerprint density at radius 2 is 1.55 bits per heavy atom. The molecule has 2 aliphatic heterocycles. The molecule has 0 saturated carbocycles. The minimum atomic E-state index is -1.89. The summed E-state index contributed by atoms with van der Waals surface area (Å²) in [5.74, 6) is -3.77. The number of esters is 1. The number of fused-ring (bicyclic) bond motifs is 1. The standard InChI is InChI=1S/C31H36O18/c1-10-19(35)22(38)25(41)30(45-10)49-29-23(39)20(36)17(9-44-11(2)32)47-31(29)46-16-8-14(34)18-21(37)24(40)26(48-28(18)27(16)43-4)12-5-6-13(33)15(7-12)42-3/h5-8,10,17,19-20,22-23,25,29-31,33-36,38-41H,9H2,1-4H3/t10-,17+,19-,20+,22+,23-,25+,29+,30+,31+/m1/s1. The molecule has 10 atom stereocenters. The highest BCUT2D eigenvalue weighted by Crippen LogP contribution is 2.45. The molecule has 18 nitrogen and oxygen atoms in total. The summed E-state index contributed by atoms with van der Waals surface area (Å²) < 4.78 is 44.4. The zero-order chi connectivity index (χ0) is 35.9. The molecule has 0 amide bonds. The van der Waals surface area contributed by atoms with Gasteiger partial charge in [0, 0.05) is 18.6 Å². The first-order valence-electron chi connectivity index (χ1n) is 14.8. The van der Waals surface area contributed by atoms with Crippen LogP contribution >= 0.6 is 0 Å². The second kappa shape index (κ2) is 14.2. The van der Waals surface area contributed by atoms with E-state index in [0.29, 0.717) is 0 Å². The number of aliphatic hydroxyl groups excluding tert-OH is 5. The molecule has 0 spiro atoms. The van der Waals surface area contributed by atoms with Crippen LogP contribution in [-0.2, 0) is 23.7 Å². The van der Waals surface area contributed by atoms with Crippen LogP contribution in [0.3, 0.4) is 0 Å². The van der Waals surface area contributed by atoms with E-state index >= 15 is 0 Å². The van der Waals surface area contributed by atoms with E-state index in [2.05, 4.69) is 0 Å². The lowest BCUT2D eigenvalue weighted by Gasteiger charge is -2.45. The predicted octanol–water partition coefficient (Wildman–Crippen LogP) is -0.805. The molecule has 8 N–H and O–H groups in total. The Bertz CT molecular complexity index is 1740. The van der Waals surface area contributed by atoms with Crippen molar-refractivity contribution in [1.82, 2.24) is 0 Å². The van der Waals surface area contributed by atoms with Gasteiger partial charge in [0.2, 0.25) is 23.2 Å². The predicted molar refractivity (Wildman–Crippen MR) is 161 cm³/mol. The Labute approximate surface area is 276 Å². The van der Waals surface area contributed by atoms with Gasteiger partial charge in [0.1, 0.15) is 54.4 Å². The van der Waals surface area contributed by atoms with Crippen LogP contribution in [0.4, 0.5) is 0 Å². The summed E-state index contributed by atoms with van der Waals surface area (Å²) in [6.07, 6.45) is -16.4. The van der Waals surface area contributed by atoms with Crippen molar-refractivity contribution in [3.8, 4) is 45.8 Å². The summed E-state index contributed by atoms with van der Waals surface area (Å²) in [6.45, 7) is 1.93. The Kier molecular flexibility index (Phi) is 10.4. The van der Waals surface area contributed by atoms with Crippen molar-refractivity contribution in [2.45, 2.75) is 75.3 Å². The molecule has 2 aromatic carbocycles. The molecule has 1 aromatic heterocycles. The highest BCUT2D eigenvalue weighted by atomic mass is 16.8. The van der Waals surface area contributed by atoms with Gasteiger partial charge >= 0.3 is 5.97 Å². The number of hydrogen-bond acceptors (Lipinski definition) is 18. The lowest BCUT2D eigenvalue weighted by molar-refractivity contribution is -0.354. The van der Waals surface area contributed by atoms with E-state index in [1.807, 2.05) is 0 Å². The summed E-state index contributed by atoms with van der Waals surface area (Å²) in [5.41, 5.74) is -1.41. The zero-order valence-corrected chi connectivity index (χ0v) is 26.5. The SMILES string of the molecule is COc1cc(-c2oc3c(OC)c(O[C@H]4O[C@@H](COC(C)=O)[C@H](O)[C@@H](O)[C@@H]4O[C@@H]4O[C@H](C)[C@@H](O)[C@H](O)[C@@H]4O)cc(O)c3c(=O)c2O)ccc1O. The zero-order valence-electron chi connectivity index (χ0n) is 26.5. The van der Waals surface area contributed by atoms with E-state index in [0.717, 1.165) is 20.1 Å². The molecule has 0 radical (unpaired) electrons. The van der Waals surface area contributed by atoms with Crippen molar-refractivity contribution < 1.29 is 83.2 Å². The first-order chi connectivity index (χ1) is 23.2. The van der Waals surface area contributed by atoms with Crippen LogP contribution in [0.15, 0.2) is 33.5 Å². The van der Waals surface area contributed by atoms with E-state index in [-0.39, 0.29) is 22.8 Å². The number of carbonyl (C=O) groups is 1. The molecule has 0 unspecified atom stereocenters. The topological polar surface area (TPSA) is 274 Å². The normalized spacial score (nSPS) is 30.1. The van der Waals surface area contributed by atoms with Crippen LogP contribution in [0.2, 0.25) is 0 Å². The van der Waals surface area contributed by atoms with Crippen molar-refractivity contribution in [2.75, 3.05) is 20.8 Å². The van der Waals surface area contributed by atoms with E-state index in [1.54, 1.807) is 0 Å². The van der Waals surface area contributed by atoms with Crippen molar-refractivity contribution in [3.63, 3.8) is 0 Å². The van der Waals surface area contributed by atoms with Crippen LogP contribution in [0.1, 0.15) is 13.8 Å². The highest BCUT2D eigenvalue weighted by Gasteiger charge is 2.51. The Morgan fingerprint density at radius 1 is 0.837 bits per heavy atom. The minimum Gasteiger partial charge on any atom is -0.507 e. The molecule has 2 saturated heterocycles. The van der Waals surface area contributed by atoms with Crippen molar-refractivity contribution in [1.29, 1.82) is 0 Å². The molecule has 2 aliphatic rings. The minimum absolute atomic E-state index is 0.0143. The Balaban J connectivity index is 1.59. The van der Waals surface area contributed by atoms with E-state index in [4.69, 9.17) is 37.6 Å². The maximum absolute atomic E-state index is 13.3. The van der Waals surface area contributed by atoms with Crippen LogP contribution in [0.5, 0.6) is 34.5 Å². The quantitative estimate of drug-likeness (QED) is 0.127. The van der Waals surface area contributed by atoms with Gasteiger partial charge in [-0.1, -0.05) is 0 Å². The smallest absolute Gasteiger partial charge is 0.302 e. The number of aromatic hydroxyl groups is 3. The molecule has 2 fully saturated rings. The number of carbonyl (C=O) groups excluding carboxylic acids is 1. The van der Waals surface area contributed by atoms with Gasteiger partial charge in [-0.25, -0.2) is 0 Å². The first-order valence-corrected chi connectivity index (χ1v) is 14.8. The highest BCUT2D eigenvalue weighted by molar-refractivity contribution is 5.93. The fourth-order valence-electron chi connectivity index (χ4n) is 5.48. The summed E-state index contributed by atoms with van der Waals surface area (Å²) >= 11 is 0. The lowest BCUT2D eigenvalue weighted by Crippen LogP contribution is -2.64. The van der Waals surface area contributed by atoms with Crippen molar-refractivity contribution >= 4 is 16.9 Å². The number of benzene rings is 2. The van der Waals surface area contributed by atoms with Gasteiger partial charge in [-0.2, -0.15) is 0 Å². The van der Waals surface area contributed by atoms with Crippen LogP contribution < -0.4 is 19.6 Å². The fraction of sp³-hybridized carbons (Fsp3) is 0.484. The maximum atomic E-state index is 13.3. The van der Waals surface area contributed by atoms with E-state index < -0.39 is 113 Å². The van der Waals surface area contributed by atoms with Gasteiger partial charge in [-0.3, -0.25) is 9.59 Å². The Morgan fingerprint density at radius 3 is 2.20 bits per heavy atom. The summed E-state index contributed by atoms with van der Waals surface area (Å²) in [4.78, 5) is 24.8. The van der Waals surface area contributed by atoms with Gasteiger partial charge in [0.15, 0.2) is 41.0 Å². The Hall–Kier alpha value is -4.40. The van der Waals surface area contributed by atoms with Crippen LogP contribution in [0.25, 0.3) is 22.3 Å². The van der Waals surface area contributed by atoms with Gasteiger partial charge in [0.05, 0.1) is 20.3 Å². The van der Waals surface area contributed by atoms with Crippen LogP contribution in [-0.4, -0.2) is 129 Å². The number of rotatable bonds is 9. The molecule has 49 heavy (non-hydrogen) atoms. The summed E-state index contributed by atoms with van der Waals surface area (Å²) in [6, 6.07) is 4.73. The van der Waals surface area contributed by atoms with Crippen LogP contribution in [0, 0.1) is 0 Å². The van der Waals surface area contributed by atoms with Gasteiger partial charge in [-0.05, 0) is 25.1 Å². The second-order valence-electron chi connectivity index (χ2n) is 11.4. The van der Waals surface area contributed by atoms with E-state index in [9.17, 15) is 50.4 Å². The summed E-state index contributed by atoms with van der Waals surface area (Å²) in [5, 5.41) is 84.1. The van der Waals surface area contributed by atoms with Crippen molar-refractivity contribution in [2.24, 2.45) is 0 Å². The molecular formula is C31H36O18. The number of aliphatic hydroxyl groups is 5. The molecule has 0 bridgehead atoms. The number of ether oxygens (including phenoxy) is 7. The van der Waals surface area contributed by atoms with Gasteiger partial charge < -0.3 is 78.4 Å². The first kappa shape index (κ1) is 35.9. The van der Waals surface area contributed by atoms with Crippen molar-refractivity contribution in [3.05, 3.63) is 34.5 Å². The molecule has 5 rings (SSSR count). The number of hydrogen-bond donors (Lipinski definition) is 8. The number of methoxy groups -OCH3 is 2. The molecule has 268 valence electrons. The number of phenolic OH excluding ortho intramolecular Hbond substituents is 2. The third-order valence-electron chi connectivity index (χ3n) is 8.13. The third-order valence-corrected chi connectivity index (χ3v) is 8.13. The monoisotopic (exact) mass is 696 g/mol. The molecule has 3 aromatic rings. The lowest BCUT2D eigenvalue weighted by atomic mass is 9.97. The average molecular weight is 697 g/mol. The maximum Gasteiger partial charge on any atom is 0.302 e. The molecule has 3 heterocycles. The molecule has 0 aliphatic carbocycles. The average Bonchev–Trinajstić information content (AvgIpc) is 3.06. The van der Waals surface area contributed by atoms with E-state index in [1.165, 1.54) is 32.2 Å². The van der Waals surface area contributed by atoms with Gasteiger partial charge in [0.25, 0.3) is 0 Å². The fourth-order valence-corrected chi connectivity index (χ4v) is 5.48. The number of phenols is 2. The summed E-state index contributed by atoms with van der Waals surface area (Å²) in [7, 11) is 2.44.